The fraction of sp³-hybridized carbons (Fsp3) is 0.308. The fourth-order valence-corrected chi connectivity index (χ4v) is 1.93. The van der Waals surface area contributed by atoms with Gasteiger partial charge in [-0.25, -0.2) is 0 Å². The highest BCUT2D eigenvalue weighted by Crippen LogP contribution is 2.33. The van der Waals surface area contributed by atoms with Crippen molar-refractivity contribution in [2.45, 2.75) is 25.2 Å². The van der Waals surface area contributed by atoms with Crippen molar-refractivity contribution in [3.8, 4) is 0 Å². The van der Waals surface area contributed by atoms with Crippen molar-refractivity contribution in [3.05, 3.63) is 35.4 Å². The van der Waals surface area contributed by atoms with Gasteiger partial charge in [0.1, 0.15) is 5.41 Å². The van der Waals surface area contributed by atoms with Crippen LogP contribution in [0.25, 0.3) is 0 Å². The Bertz CT molecular complexity index is 486. The fourth-order valence-electron chi connectivity index (χ4n) is 1.93. The van der Waals surface area contributed by atoms with E-state index in [-0.39, 0.29) is 5.56 Å². The molecule has 1 rings (SSSR count). The van der Waals surface area contributed by atoms with Crippen LogP contribution in [0.2, 0.25) is 0 Å². The van der Waals surface area contributed by atoms with E-state index in [1.54, 1.807) is 19.1 Å². The average molecular weight is 266 g/mol. The maximum Gasteiger partial charge on any atom is 0.315 e. The number of aryl methyl sites for hydroxylation is 1. The Kier molecular flexibility index (Phi) is 4.26. The van der Waals surface area contributed by atoms with Crippen LogP contribution in [-0.4, -0.2) is 33.2 Å². The van der Waals surface area contributed by atoms with Crippen LogP contribution in [-0.2, 0) is 19.8 Å². The van der Waals surface area contributed by atoms with Gasteiger partial charge in [-0.1, -0.05) is 29.8 Å². The summed E-state index contributed by atoms with van der Waals surface area (Å²) in [6.07, 6.45) is -1.56. The summed E-state index contributed by atoms with van der Waals surface area (Å²) in [4.78, 5) is 33.2. The summed E-state index contributed by atoms with van der Waals surface area (Å²) in [6, 6.07) is 6.15. The molecule has 0 aliphatic rings. The van der Waals surface area contributed by atoms with Crippen molar-refractivity contribution >= 4 is 17.9 Å². The molecule has 0 spiro atoms. The molecule has 6 heteroatoms. The second-order valence-corrected chi connectivity index (χ2v) is 4.39. The lowest BCUT2D eigenvalue weighted by atomic mass is 9.74. The Hall–Kier alpha value is -2.37. The van der Waals surface area contributed by atoms with Crippen LogP contribution in [0.5, 0.6) is 0 Å². The monoisotopic (exact) mass is 266 g/mol. The molecule has 0 aliphatic heterocycles. The van der Waals surface area contributed by atoms with Gasteiger partial charge in [-0.05, 0) is 12.5 Å². The predicted octanol–water partition coefficient (Wildman–Crippen LogP) is 1.27. The molecule has 0 saturated carbocycles. The maximum absolute atomic E-state index is 11.5. The lowest BCUT2D eigenvalue weighted by molar-refractivity contribution is -0.154. The maximum atomic E-state index is 11.5. The number of carboxylic acid groups (broad SMARTS) is 3. The first-order valence-corrected chi connectivity index (χ1v) is 5.52. The second-order valence-electron chi connectivity index (χ2n) is 4.39. The number of aliphatic carboxylic acids is 3. The van der Waals surface area contributed by atoms with E-state index in [1.807, 2.05) is 0 Å². The minimum absolute atomic E-state index is 0.176. The summed E-state index contributed by atoms with van der Waals surface area (Å²) < 4.78 is 0. The molecule has 0 amide bonds. The van der Waals surface area contributed by atoms with E-state index in [1.165, 1.54) is 12.1 Å². The van der Waals surface area contributed by atoms with Crippen LogP contribution in [0.4, 0.5) is 0 Å². The van der Waals surface area contributed by atoms with Crippen molar-refractivity contribution in [1.29, 1.82) is 0 Å². The molecule has 19 heavy (non-hydrogen) atoms. The van der Waals surface area contributed by atoms with Gasteiger partial charge in [0.2, 0.25) is 0 Å². The zero-order valence-corrected chi connectivity index (χ0v) is 10.3. The van der Waals surface area contributed by atoms with Crippen LogP contribution in [0, 0.1) is 6.92 Å². The molecule has 6 nitrogen and oxygen atoms in total. The summed E-state index contributed by atoms with van der Waals surface area (Å²) in [5.74, 6) is -4.17. The van der Waals surface area contributed by atoms with Crippen LogP contribution in [0.1, 0.15) is 24.0 Å². The van der Waals surface area contributed by atoms with Gasteiger partial charge in [0.25, 0.3) is 0 Å². The van der Waals surface area contributed by atoms with Crippen LogP contribution in [0.15, 0.2) is 24.3 Å². The molecule has 0 atom stereocenters. The molecule has 0 unspecified atom stereocenters. The SMILES string of the molecule is Cc1ccc(C(CC(=O)O)(CC(=O)O)C(=O)O)cc1. The average Bonchev–Trinajstić information content (AvgIpc) is 2.27. The lowest BCUT2D eigenvalue weighted by Gasteiger charge is -2.26. The normalized spacial score (nSPS) is 11.0. The Morgan fingerprint density at radius 2 is 1.37 bits per heavy atom. The van der Waals surface area contributed by atoms with Crippen LogP contribution >= 0.6 is 0 Å². The zero-order chi connectivity index (χ0) is 14.6. The molecule has 0 bridgehead atoms. The summed E-state index contributed by atoms with van der Waals surface area (Å²) >= 11 is 0. The van der Waals surface area contributed by atoms with Gasteiger partial charge >= 0.3 is 17.9 Å². The van der Waals surface area contributed by atoms with Gasteiger partial charge in [-0.15, -0.1) is 0 Å². The van der Waals surface area contributed by atoms with Gasteiger partial charge in [0, 0.05) is 0 Å². The molecule has 3 N–H and O–H groups in total. The first-order chi connectivity index (χ1) is 8.78. The Balaban J connectivity index is 3.36. The minimum Gasteiger partial charge on any atom is -0.481 e. The molecule has 1 aromatic carbocycles. The zero-order valence-electron chi connectivity index (χ0n) is 10.3. The van der Waals surface area contributed by atoms with Gasteiger partial charge in [-0.3, -0.25) is 14.4 Å². The van der Waals surface area contributed by atoms with Gasteiger partial charge in [0.05, 0.1) is 12.8 Å². The molecule has 102 valence electrons. The predicted molar refractivity (Wildman–Crippen MR) is 65.0 cm³/mol. The Morgan fingerprint density at radius 3 is 1.68 bits per heavy atom. The van der Waals surface area contributed by atoms with Crippen molar-refractivity contribution in [1.82, 2.24) is 0 Å². The second kappa shape index (κ2) is 5.51. The molecular formula is C13H14O6. The van der Waals surface area contributed by atoms with Crippen LogP contribution in [0.3, 0.4) is 0 Å². The van der Waals surface area contributed by atoms with E-state index < -0.39 is 36.2 Å². The van der Waals surface area contributed by atoms with Crippen molar-refractivity contribution < 1.29 is 29.7 Å². The van der Waals surface area contributed by atoms with Gasteiger partial charge < -0.3 is 15.3 Å². The third kappa shape index (κ3) is 3.31. The van der Waals surface area contributed by atoms with E-state index in [4.69, 9.17) is 10.2 Å². The molecular weight excluding hydrogens is 252 g/mol. The highest BCUT2D eigenvalue weighted by molar-refractivity contribution is 5.91. The minimum atomic E-state index is -1.95. The van der Waals surface area contributed by atoms with Crippen molar-refractivity contribution in [3.63, 3.8) is 0 Å². The number of carboxylic acids is 3. The van der Waals surface area contributed by atoms with E-state index in [2.05, 4.69) is 0 Å². The van der Waals surface area contributed by atoms with Crippen molar-refractivity contribution in [2.24, 2.45) is 0 Å². The highest BCUT2D eigenvalue weighted by Gasteiger charge is 2.44. The molecule has 0 heterocycles. The number of benzene rings is 1. The molecule has 0 radical (unpaired) electrons. The van der Waals surface area contributed by atoms with E-state index in [0.29, 0.717) is 0 Å². The molecule has 0 aliphatic carbocycles. The lowest BCUT2D eigenvalue weighted by Crippen LogP contribution is -2.40. The number of hydrogen-bond donors (Lipinski definition) is 3. The number of hydrogen-bond acceptors (Lipinski definition) is 3. The first-order valence-electron chi connectivity index (χ1n) is 5.52. The third-order valence-electron chi connectivity index (χ3n) is 2.92. The van der Waals surface area contributed by atoms with Gasteiger partial charge in [0.15, 0.2) is 0 Å². The summed E-state index contributed by atoms with van der Waals surface area (Å²) in [5.41, 5.74) is -0.908. The highest BCUT2D eigenvalue weighted by atomic mass is 16.4. The van der Waals surface area contributed by atoms with E-state index in [9.17, 15) is 19.5 Å². The molecule has 0 saturated heterocycles. The Morgan fingerprint density at radius 1 is 0.947 bits per heavy atom. The number of carbonyl (C=O) groups is 3. The number of rotatable bonds is 6. The Labute approximate surface area is 109 Å². The summed E-state index contributed by atoms with van der Waals surface area (Å²) in [5, 5.41) is 27.1. The standard InChI is InChI=1S/C13H14O6/c1-8-2-4-9(5-3-8)13(12(18)19,6-10(14)15)7-11(16)17/h2-5H,6-7H2,1H3,(H,14,15)(H,16,17)(H,18,19). The van der Waals surface area contributed by atoms with E-state index in [0.717, 1.165) is 5.56 Å². The topological polar surface area (TPSA) is 112 Å². The van der Waals surface area contributed by atoms with Gasteiger partial charge in [-0.2, -0.15) is 0 Å². The van der Waals surface area contributed by atoms with Crippen molar-refractivity contribution in [2.75, 3.05) is 0 Å². The molecule has 1 aromatic rings. The molecule has 0 aromatic heterocycles. The summed E-state index contributed by atoms with van der Waals surface area (Å²) in [6.45, 7) is 1.79. The largest absolute Gasteiger partial charge is 0.481 e. The van der Waals surface area contributed by atoms with Crippen LogP contribution < -0.4 is 0 Å². The summed E-state index contributed by atoms with van der Waals surface area (Å²) in [7, 11) is 0. The van der Waals surface area contributed by atoms with E-state index >= 15 is 0 Å². The smallest absolute Gasteiger partial charge is 0.315 e. The first kappa shape index (κ1) is 14.7. The molecule has 0 fully saturated rings. The third-order valence-corrected chi connectivity index (χ3v) is 2.92. The quantitative estimate of drug-likeness (QED) is 0.714.